The molecule has 0 amide bonds. The van der Waals surface area contributed by atoms with Gasteiger partial charge in [0.05, 0.1) is 7.11 Å². The third-order valence-electron chi connectivity index (χ3n) is 3.99. The van der Waals surface area contributed by atoms with Gasteiger partial charge < -0.3 is 4.74 Å². The number of hydrogen-bond donors (Lipinski definition) is 0. The lowest BCUT2D eigenvalue weighted by atomic mass is 9.80. The summed E-state index contributed by atoms with van der Waals surface area (Å²) in [5.41, 5.74) is -0.599. The van der Waals surface area contributed by atoms with Crippen molar-refractivity contribution in [2.45, 2.75) is 26.2 Å². The molecule has 0 heterocycles. The van der Waals surface area contributed by atoms with Crippen molar-refractivity contribution in [3.05, 3.63) is 42.0 Å². The van der Waals surface area contributed by atoms with Crippen LogP contribution < -0.4 is 4.74 Å². The SMILES string of the molecule is COc1ccc(C(=O)/C=C\[C@]2(C(C)=O)CCCC2=O)cc1. The van der Waals surface area contributed by atoms with E-state index in [9.17, 15) is 14.4 Å². The number of carbonyl (C=O) groups excluding carboxylic acids is 3. The van der Waals surface area contributed by atoms with Crippen LogP contribution in [0.2, 0.25) is 0 Å². The molecule has 0 aliphatic heterocycles. The van der Waals surface area contributed by atoms with E-state index < -0.39 is 5.41 Å². The van der Waals surface area contributed by atoms with Crippen LogP contribution in [0, 0.1) is 5.41 Å². The van der Waals surface area contributed by atoms with Gasteiger partial charge in [-0.2, -0.15) is 0 Å². The van der Waals surface area contributed by atoms with E-state index in [1.165, 1.54) is 19.1 Å². The number of allylic oxidation sites excluding steroid dienone is 2. The lowest BCUT2D eigenvalue weighted by Gasteiger charge is -2.19. The highest BCUT2D eigenvalue weighted by Crippen LogP contribution is 2.37. The number of ether oxygens (including phenoxy) is 1. The van der Waals surface area contributed by atoms with Gasteiger partial charge in [-0.15, -0.1) is 0 Å². The fourth-order valence-corrected chi connectivity index (χ4v) is 2.63. The zero-order valence-corrected chi connectivity index (χ0v) is 12.2. The largest absolute Gasteiger partial charge is 0.497 e. The molecule has 21 heavy (non-hydrogen) atoms. The highest BCUT2D eigenvalue weighted by molar-refractivity contribution is 6.11. The Labute approximate surface area is 123 Å². The first kappa shape index (κ1) is 15.2. The third-order valence-corrected chi connectivity index (χ3v) is 3.99. The van der Waals surface area contributed by atoms with Crippen LogP contribution in [0.5, 0.6) is 5.75 Å². The van der Waals surface area contributed by atoms with Crippen molar-refractivity contribution in [1.29, 1.82) is 0 Å². The summed E-state index contributed by atoms with van der Waals surface area (Å²) in [7, 11) is 1.55. The Kier molecular flexibility index (Phi) is 4.36. The van der Waals surface area contributed by atoms with Gasteiger partial charge in [0.1, 0.15) is 22.7 Å². The van der Waals surface area contributed by atoms with E-state index in [-0.39, 0.29) is 17.3 Å². The minimum Gasteiger partial charge on any atom is -0.497 e. The number of hydrogen-bond acceptors (Lipinski definition) is 4. The van der Waals surface area contributed by atoms with Crippen LogP contribution in [-0.2, 0) is 9.59 Å². The van der Waals surface area contributed by atoms with Gasteiger partial charge in [0.25, 0.3) is 0 Å². The Bertz CT molecular complexity index is 598. The van der Waals surface area contributed by atoms with Gasteiger partial charge in [-0.1, -0.05) is 6.08 Å². The first-order chi connectivity index (χ1) is 9.99. The van der Waals surface area contributed by atoms with Gasteiger partial charge in [-0.25, -0.2) is 0 Å². The van der Waals surface area contributed by atoms with Crippen LogP contribution in [-0.4, -0.2) is 24.5 Å². The van der Waals surface area contributed by atoms with Crippen LogP contribution in [0.1, 0.15) is 36.5 Å². The van der Waals surface area contributed by atoms with Crippen molar-refractivity contribution in [1.82, 2.24) is 0 Å². The lowest BCUT2D eigenvalue weighted by Crippen LogP contribution is -2.31. The molecule has 0 bridgehead atoms. The predicted octanol–water partition coefficient (Wildman–Crippen LogP) is 2.76. The van der Waals surface area contributed by atoms with E-state index in [0.717, 1.165) is 0 Å². The minimum absolute atomic E-state index is 0.0891. The molecule has 0 unspecified atom stereocenters. The van der Waals surface area contributed by atoms with Crippen molar-refractivity contribution in [3.63, 3.8) is 0 Å². The average molecular weight is 286 g/mol. The molecule has 1 aromatic rings. The molecule has 4 heteroatoms. The quantitative estimate of drug-likeness (QED) is 0.474. The van der Waals surface area contributed by atoms with Gasteiger partial charge >= 0.3 is 0 Å². The summed E-state index contributed by atoms with van der Waals surface area (Å²) in [4.78, 5) is 35.9. The van der Waals surface area contributed by atoms with Crippen LogP contribution >= 0.6 is 0 Å². The molecule has 110 valence electrons. The molecule has 0 spiro atoms. The van der Waals surface area contributed by atoms with Crippen LogP contribution in [0.15, 0.2) is 36.4 Å². The van der Waals surface area contributed by atoms with E-state index in [2.05, 4.69) is 0 Å². The van der Waals surface area contributed by atoms with E-state index in [4.69, 9.17) is 4.74 Å². The summed E-state index contributed by atoms with van der Waals surface area (Å²) in [6.07, 6.45) is 4.41. The molecular formula is C17H18O4. The van der Waals surface area contributed by atoms with Crippen molar-refractivity contribution >= 4 is 17.3 Å². The molecule has 1 aromatic carbocycles. The van der Waals surface area contributed by atoms with E-state index in [1.807, 2.05) is 0 Å². The number of benzene rings is 1. The highest BCUT2D eigenvalue weighted by Gasteiger charge is 2.43. The van der Waals surface area contributed by atoms with Crippen LogP contribution in [0.4, 0.5) is 0 Å². The lowest BCUT2D eigenvalue weighted by molar-refractivity contribution is -0.134. The van der Waals surface area contributed by atoms with Crippen molar-refractivity contribution in [2.24, 2.45) is 5.41 Å². The molecule has 4 nitrogen and oxygen atoms in total. The first-order valence-corrected chi connectivity index (χ1v) is 6.91. The zero-order chi connectivity index (χ0) is 15.5. The monoisotopic (exact) mass is 286 g/mol. The van der Waals surface area contributed by atoms with Crippen LogP contribution in [0.25, 0.3) is 0 Å². The Morgan fingerprint density at radius 2 is 1.90 bits per heavy atom. The van der Waals surface area contributed by atoms with Gasteiger partial charge in [0, 0.05) is 12.0 Å². The maximum absolute atomic E-state index is 12.1. The summed E-state index contributed by atoms with van der Waals surface area (Å²) in [5.74, 6) is 0.164. The summed E-state index contributed by atoms with van der Waals surface area (Å²) in [6, 6.07) is 6.70. The van der Waals surface area contributed by atoms with E-state index in [0.29, 0.717) is 30.6 Å². The fraction of sp³-hybridized carbons (Fsp3) is 0.353. The Morgan fingerprint density at radius 3 is 2.38 bits per heavy atom. The highest BCUT2D eigenvalue weighted by atomic mass is 16.5. The molecule has 0 aromatic heterocycles. The molecule has 1 aliphatic carbocycles. The first-order valence-electron chi connectivity index (χ1n) is 6.91. The number of ketones is 3. The second kappa shape index (κ2) is 6.04. The minimum atomic E-state index is -1.10. The van der Waals surface area contributed by atoms with Gasteiger partial charge in [-0.05, 0) is 50.1 Å². The number of carbonyl (C=O) groups is 3. The number of Topliss-reactive ketones (excluding diaryl/α,β-unsaturated/α-hetero) is 2. The van der Waals surface area contributed by atoms with Crippen molar-refractivity contribution in [2.75, 3.05) is 7.11 Å². The molecule has 1 fully saturated rings. The molecule has 0 radical (unpaired) electrons. The van der Waals surface area contributed by atoms with Crippen molar-refractivity contribution < 1.29 is 19.1 Å². The second-order valence-electron chi connectivity index (χ2n) is 5.23. The molecule has 1 saturated carbocycles. The summed E-state index contributed by atoms with van der Waals surface area (Å²) in [5, 5.41) is 0. The third kappa shape index (κ3) is 2.94. The maximum Gasteiger partial charge on any atom is 0.185 e. The summed E-state index contributed by atoms with van der Waals surface area (Å²) >= 11 is 0. The normalized spacial score (nSPS) is 21.7. The van der Waals surface area contributed by atoms with E-state index in [1.54, 1.807) is 31.4 Å². The van der Waals surface area contributed by atoms with Gasteiger partial charge in [0.2, 0.25) is 0 Å². The van der Waals surface area contributed by atoms with Crippen molar-refractivity contribution in [3.8, 4) is 5.75 Å². The Balaban J connectivity index is 2.20. The van der Waals surface area contributed by atoms with E-state index >= 15 is 0 Å². The zero-order valence-electron chi connectivity index (χ0n) is 12.2. The maximum atomic E-state index is 12.1. The number of rotatable bonds is 5. The molecular weight excluding hydrogens is 268 g/mol. The molecule has 0 N–H and O–H groups in total. The topological polar surface area (TPSA) is 60.4 Å². The standard InChI is InChI=1S/C17H18O4/c1-12(18)17(10-3-4-16(17)20)11-9-15(19)13-5-7-14(21-2)8-6-13/h5-9,11H,3-4,10H2,1-2H3/b11-9-/t17-/m0/s1. The molecule has 0 saturated heterocycles. The van der Waals surface area contributed by atoms with Gasteiger partial charge in [-0.3, -0.25) is 14.4 Å². The summed E-state index contributed by atoms with van der Waals surface area (Å²) in [6.45, 7) is 1.41. The summed E-state index contributed by atoms with van der Waals surface area (Å²) < 4.78 is 5.03. The molecule has 1 aliphatic rings. The Morgan fingerprint density at radius 1 is 1.24 bits per heavy atom. The molecule has 1 atom stereocenters. The average Bonchev–Trinajstić information content (AvgIpc) is 2.87. The smallest absolute Gasteiger partial charge is 0.185 e. The van der Waals surface area contributed by atoms with Gasteiger partial charge in [0.15, 0.2) is 5.78 Å². The number of methoxy groups -OCH3 is 1. The Hall–Kier alpha value is -2.23. The molecule has 2 rings (SSSR count). The van der Waals surface area contributed by atoms with Crippen LogP contribution in [0.3, 0.4) is 0 Å². The second-order valence-corrected chi connectivity index (χ2v) is 5.23. The fourth-order valence-electron chi connectivity index (χ4n) is 2.63. The predicted molar refractivity (Wildman–Crippen MR) is 78.4 cm³/mol.